The minimum Gasteiger partial charge on any atom is -0.444 e. The summed E-state index contributed by atoms with van der Waals surface area (Å²) in [5.41, 5.74) is -1.34. The van der Waals surface area contributed by atoms with E-state index in [9.17, 15) is 28.8 Å². The number of carbonyl (C=O) groups is 6. The largest absolute Gasteiger partial charge is 0.444 e. The van der Waals surface area contributed by atoms with E-state index in [1.165, 1.54) is 0 Å². The van der Waals surface area contributed by atoms with Crippen molar-refractivity contribution in [3.05, 3.63) is 0 Å². The Hall–Kier alpha value is -3.74. The molecule has 2 N–H and O–H groups in total. The summed E-state index contributed by atoms with van der Waals surface area (Å²) < 4.78 is 10.6. The summed E-state index contributed by atoms with van der Waals surface area (Å²) >= 11 is 0. The summed E-state index contributed by atoms with van der Waals surface area (Å²) in [5.74, 6) is -0.694. The Morgan fingerprint density at radius 3 is 0.778 bits per heavy atom. The van der Waals surface area contributed by atoms with Crippen molar-refractivity contribution in [1.29, 1.82) is 0 Å². The van der Waals surface area contributed by atoms with Gasteiger partial charge in [0.15, 0.2) is 0 Å². The number of ether oxygens (including phenoxy) is 2. The third kappa shape index (κ3) is 25.3. The lowest BCUT2D eigenvalue weighted by atomic mass is 10.2. The summed E-state index contributed by atoms with van der Waals surface area (Å²) in [7, 11) is 14.3. The van der Waals surface area contributed by atoms with E-state index in [-0.39, 0.29) is 115 Å². The fourth-order valence-corrected chi connectivity index (χ4v) is 4.87. The van der Waals surface area contributed by atoms with Gasteiger partial charge in [0.25, 0.3) is 0 Å². The first-order valence-corrected chi connectivity index (χ1v) is 18.4. The third-order valence-corrected chi connectivity index (χ3v) is 7.24. The lowest BCUT2D eigenvalue weighted by molar-refractivity contribution is -0.138. The highest BCUT2D eigenvalue weighted by atomic mass is 16.6. The topological polar surface area (TPSA) is 171 Å². The van der Waals surface area contributed by atoms with E-state index in [2.05, 4.69) is 10.6 Å². The van der Waals surface area contributed by atoms with Crippen molar-refractivity contribution in [3.8, 4) is 0 Å². The quantitative estimate of drug-likeness (QED) is 0.138. The lowest BCUT2D eigenvalue weighted by Gasteiger charge is -2.33. The molecule has 54 heavy (non-hydrogen) atoms. The number of carbonyl (C=O) groups excluding carboxylic acids is 6. The second-order valence-corrected chi connectivity index (χ2v) is 16.3. The molecule has 0 spiro atoms. The zero-order valence-corrected chi connectivity index (χ0v) is 35.7. The van der Waals surface area contributed by atoms with Crippen LogP contribution in [0.25, 0.3) is 0 Å². The van der Waals surface area contributed by atoms with Crippen molar-refractivity contribution in [2.75, 3.05) is 148 Å². The fourth-order valence-electron chi connectivity index (χ4n) is 4.87. The molecule has 0 aliphatic rings. The van der Waals surface area contributed by atoms with Gasteiger partial charge in [-0.15, -0.1) is 0 Å². The highest BCUT2D eigenvalue weighted by Gasteiger charge is 2.24. The Labute approximate surface area is 324 Å². The molecular formula is C36H72N10O8. The first-order chi connectivity index (χ1) is 24.8. The summed E-state index contributed by atoms with van der Waals surface area (Å²) in [6, 6.07) is 0. The molecule has 0 heterocycles. The van der Waals surface area contributed by atoms with E-state index in [1.807, 2.05) is 0 Å². The average molecular weight is 773 g/mol. The molecule has 314 valence electrons. The summed E-state index contributed by atoms with van der Waals surface area (Å²) in [6.45, 7) is 13.0. The van der Waals surface area contributed by atoms with Gasteiger partial charge in [0, 0.05) is 65.4 Å². The van der Waals surface area contributed by atoms with Crippen LogP contribution in [0.3, 0.4) is 0 Å². The predicted octanol–water partition coefficient (Wildman–Crippen LogP) is -0.403. The van der Waals surface area contributed by atoms with Crippen LogP contribution in [0, 0.1) is 0 Å². The molecular weight excluding hydrogens is 700 g/mol. The molecule has 0 aromatic rings. The van der Waals surface area contributed by atoms with E-state index in [4.69, 9.17) is 9.47 Å². The van der Waals surface area contributed by atoms with Crippen LogP contribution in [0.4, 0.5) is 9.59 Å². The van der Waals surface area contributed by atoms with E-state index in [0.29, 0.717) is 0 Å². The van der Waals surface area contributed by atoms with Gasteiger partial charge in [0.2, 0.25) is 23.6 Å². The van der Waals surface area contributed by atoms with Crippen LogP contribution in [0.2, 0.25) is 0 Å². The molecule has 0 radical (unpaired) electrons. The van der Waals surface area contributed by atoms with Gasteiger partial charge in [-0.2, -0.15) is 0 Å². The normalized spacial score (nSPS) is 11.8. The summed E-state index contributed by atoms with van der Waals surface area (Å²) in [6.07, 6.45) is -1.18. The van der Waals surface area contributed by atoms with Gasteiger partial charge in [0.05, 0.1) is 26.2 Å². The number of nitrogens with zero attached hydrogens (tertiary/aromatic N) is 8. The molecule has 0 aliphatic heterocycles. The first kappa shape index (κ1) is 50.3. The van der Waals surface area contributed by atoms with Crippen LogP contribution >= 0.6 is 0 Å². The van der Waals surface area contributed by atoms with Crippen LogP contribution in [0.15, 0.2) is 0 Å². The van der Waals surface area contributed by atoms with Crippen LogP contribution in [-0.2, 0) is 28.7 Å². The molecule has 0 aliphatic carbocycles. The summed E-state index contributed by atoms with van der Waals surface area (Å²) in [5, 5.41) is 5.38. The Morgan fingerprint density at radius 2 is 0.593 bits per heavy atom. The van der Waals surface area contributed by atoms with Crippen LogP contribution in [0.1, 0.15) is 41.5 Å². The predicted molar refractivity (Wildman–Crippen MR) is 209 cm³/mol. The van der Waals surface area contributed by atoms with Crippen molar-refractivity contribution < 1.29 is 38.2 Å². The van der Waals surface area contributed by atoms with E-state index >= 15 is 0 Å². The van der Waals surface area contributed by atoms with E-state index < -0.39 is 23.4 Å². The van der Waals surface area contributed by atoms with Crippen molar-refractivity contribution >= 4 is 35.8 Å². The Morgan fingerprint density at radius 1 is 0.389 bits per heavy atom. The van der Waals surface area contributed by atoms with Crippen molar-refractivity contribution in [2.24, 2.45) is 0 Å². The Kier molecular flexibility index (Phi) is 22.9. The maximum absolute atomic E-state index is 13.5. The van der Waals surface area contributed by atoms with Crippen molar-refractivity contribution in [3.63, 3.8) is 0 Å². The molecule has 0 bridgehead atoms. The van der Waals surface area contributed by atoms with Gasteiger partial charge in [-0.25, -0.2) is 9.59 Å². The van der Waals surface area contributed by atoms with Crippen LogP contribution in [0.5, 0.6) is 0 Å². The lowest BCUT2D eigenvalue weighted by Crippen LogP contribution is -2.51. The molecule has 0 aromatic carbocycles. The number of amides is 6. The first-order valence-electron chi connectivity index (χ1n) is 18.4. The SMILES string of the molecule is CN(C)CC(=O)N(CCNC(=O)OC(C)(C)C)CCN(CCN(CCN(CCNC(=O)OC(C)(C)C)C(=O)CN(C)C)C(=O)CN(C)C)C(=O)CN(C)C. The molecule has 0 atom stereocenters. The summed E-state index contributed by atoms with van der Waals surface area (Å²) in [4.78, 5) is 91.4. The van der Waals surface area contributed by atoms with Crippen molar-refractivity contribution in [1.82, 2.24) is 49.8 Å². The number of hydrogen-bond acceptors (Lipinski definition) is 12. The monoisotopic (exact) mass is 773 g/mol. The van der Waals surface area contributed by atoms with Gasteiger partial charge in [-0.1, -0.05) is 0 Å². The molecule has 0 saturated heterocycles. The molecule has 18 nitrogen and oxygen atoms in total. The Balaban J connectivity index is 6.04. The molecule has 0 saturated carbocycles. The van der Waals surface area contributed by atoms with Gasteiger partial charge in [0.1, 0.15) is 11.2 Å². The fraction of sp³-hybridized carbons (Fsp3) is 0.833. The highest BCUT2D eigenvalue weighted by Crippen LogP contribution is 2.08. The molecule has 0 aromatic heterocycles. The molecule has 0 fully saturated rings. The molecule has 18 heteroatoms. The second-order valence-electron chi connectivity index (χ2n) is 16.3. The maximum Gasteiger partial charge on any atom is 0.407 e. The maximum atomic E-state index is 13.5. The number of rotatable bonds is 23. The van der Waals surface area contributed by atoms with Gasteiger partial charge in [-0.05, 0) is 97.9 Å². The van der Waals surface area contributed by atoms with E-state index in [1.54, 1.807) is 137 Å². The molecule has 0 unspecified atom stereocenters. The molecule has 0 rings (SSSR count). The van der Waals surface area contributed by atoms with Gasteiger partial charge >= 0.3 is 12.2 Å². The highest BCUT2D eigenvalue weighted by molar-refractivity contribution is 5.81. The van der Waals surface area contributed by atoms with Gasteiger partial charge in [-0.3, -0.25) is 19.2 Å². The Bertz CT molecular complexity index is 1090. The second kappa shape index (κ2) is 24.6. The smallest absolute Gasteiger partial charge is 0.407 e. The standard InChI is InChI=1S/C36H72N10O8/c1-35(2,3)53-33(51)37-15-17-43(29(47)25-39(7)8)19-21-45(31(49)27-41(11)12)23-24-46(32(50)28-42(13)14)22-20-44(30(48)26-40(9)10)18-16-38-34(52)54-36(4,5)6/h15-28H2,1-14H3,(H,37,51)(H,38,52). The zero-order valence-electron chi connectivity index (χ0n) is 35.7. The van der Waals surface area contributed by atoms with Gasteiger partial charge < -0.3 is 59.3 Å². The van der Waals surface area contributed by atoms with Crippen LogP contribution in [-0.4, -0.2) is 234 Å². The van der Waals surface area contributed by atoms with E-state index in [0.717, 1.165) is 0 Å². The number of hydrogen-bond donors (Lipinski definition) is 2. The third-order valence-electron chi connectivity index (χ3n) is 7.24. The van der Waals surface area contributed by atoms with Crippen molar-refractivity contribution in [2.45, 2.75) is 52.7 Å². The number of likely N-dealkylation sites (N-methyl/N-ethyl adjacent to an activating group) is 4. The number of nitrogens with one attached hydrogen (secondary N) is 2. The minimum atomic E-state index is -0.668. The minimum absolute atomic E-state index is 0.120. The molecule has 6 amide bonds. The van der Waals surface area contributed by atoms with Crippen LogP contribution < -0.4 is 10.6 Å². The zero-order chi connectivity index (χ0) is 41.8. The average Bonchev–Trinajstić information content (AvgIpc) is 2.96. The number of alkyl carbamates (subject to hydrolysis) is 2.